The number of hydrogen-bond donors (Lipinski definition) is 1. The summed E-state index contributed by atoms with van der Waals surface area (Å²) in [5.74, 6) is -1.48. The lowest BCUT2D eigenvalue weighted by atomic mass is 9.98. The summed E-state index contributed by atoms with van der Waals surface area (Å²) in [4.78, 5) is 27.5. The van der Waals surface area contributed by atoms with E-state index in [1.165, 1.54) is 24.3 Å². The molecule has 2 aromatic rings. The third kappa shape index (κ3) is 4.42. The quantitative estimate of drug-likeness (QED) is 0.543. The molecule has 1 N–H and O–H groups in total. The van der Waals surface area contributed by atoms with Crippen LogP contribution in [0.4, 0.5) is 31.5 Å². The molecule has 12 heteroatoms. The Labute approximate surface area is 165 Å². The normalized spacial score (nSPS) is 19.1. The molecule has 1 aromatic heterocycles. The molecule has 160 valence electrons. The predicted octanol–water partition coefficient (Wildman–Crippen LogP) is 4.24. The number of alkyl halides is 4. The minimum Gasteiger partial charge on any atom is -0.465 e. The van der Waals surface area contributed by atoms with Crippen molar-refractivity contribution in [1.29, 1.82) is 0 Å². The summed E-state index contributed by atoms with van der Waals surface area (Å²) in [6, 6.07) is 7.03. The number of pyridine rings is 1. The third-order valence-electron chi connectivity index (χ3n) is 4.19. The summed E-state index contributed by atoms with van der Waals surface area (Å²) >= 11 is 0. The minimum atomic E-state index is -4.73. The molecular weight excluding hydrogens is 419 g/mol. The molecule has 0 spiro atoms. The van der Waals surface area contributed by atoms with E-state index >= 15 is 0 Å². The van der Waals surface area contributed by atoms with Crippen molar-refractivity contribution in [3.05, 3.63) is 59.7 Å². The van der Waals surface area contributed by atoms with E-state index in [4.69, 9.17) is 4.74 Å². The Bertz CT molecular complexity index is 958. The Morgan fingerprint density at radius 3 is 2.60 bits per heavy atom. The summed E-state index contributed by atoms with van der Waals surface area (Å²) in [6.45, 7) is 0. The number of carboxylic acid groups (broad SMARTS) is 1. The van der Waals surface area contributed by atoms with Crippen molar-refractivity contribution >= 4 is 12.2 Å². The molecule has 1 saturated heterocycles. The number of rotatable bonds is 6. The van der Waals surface area contributed by atoms with Crippen molar-refractivity contribution in [3.8, 4) is 5.75 Å². The van der Waals surface area contributed by atoms with Crippen LogP contribution in [0.15, 0.2) is 42.5 Å². The van der Waals surface area contributed by atoms with Gasteiger partial charge in [-0.25, -0.2) is 19.5 Å². The van der Waals surface area contributed by atoms with Gasteiger partial charge in [0.05, 0.1) is 11.7 Å². The molecule has 0 saturated carbocycles. The number of hydrogen-bond acceptors (Lipinski definition) is 5. The zero-order valence-electron chi connectivity index (χ0n) is 14.8. The van der Waals surface area contributed by atoms with E-state index < -0.39 is 48.6 Å². The van der Waals surface area contributed by atoms with E-state index in [9.17, 15) is 36.6 Å². The van der Waals surface area contributed by atoms with E-state index in [0.29, 0.717) is 4.90 Å². The fourth-order valence-electron chi connectivity index (χ4n) is 2.95. The van der Waals surface area contributed by atoms with Gasteiger partial charge in [0.25, 0.3) is 0 Å². The fraction of sp³-hybridized carbons (Fsp3) is 0.278. The summed E-state index contributed by atoms with van der Waals surface area (Å²) < 4.78 is 73.5. The first-order valence-electron chi connectivity index (χ1n) is 8.37. The number of cyclic esters (lactones) is 1. The second kappa shape index (κ2) is 8.13. The molecule has 1 aliphatic heterocycles. The number of ether oxygens (including phenoxy) is 2. The maximum Gasteiger partial charge on any atom is 0.461 e. The van der Waals surface area contributed by atoms with Crippen LogP contribution < -0.4 is 4.74 Å². The molecule has 2 amide bonds. The topological polar surface area (TPSA) is 89.0 Å². The predicted molar refractivity (Wildman–Crippen MR) is 88.8 cm³/mol. The molecule has 3 rings (SSSR count). The van der Waals surface area contributed by atoms with Gasteiger partial charge in [-0.05, 0) is 36.2 Å². The van der Waals surface area contributed by atoms with Gasteiger partial charge in [0.2, 0.25) is 5.95 Å². The van der Waals surface area contributed by atoms with Gasteiger partial charge in [0.1, 0.15) is 5.75 Å². The van der Waals surface area contributed by atoms with Gasteiger partial charge in [0, 0.05) is 0 Å². The van der Waals surface area contributed by atoms with Crippen LogP contribution in [0.3, 0.4) is 0 Å². The standard InChI is InChI=1S/C18H13F5N2O5/c19-13-6-2-5-11(24-13)14-12(25(16(26)27)17(28)29-14)8-9-3-1-4-10(7-9)30-18(22,23)15(20)21/h1-7,12,14-15H,8H2,(H,26,27). The zero-order chi connectivity index (χ0) is 22.1. The van der Waals surface area contributed by atoms with Crippen LogP contribution in [0.25, 0.3) is 0 Å². The average molecular weight is 432 g/mol. The highest BCUT2D eigenvalue weighted by Gasteiger charge is 2.47. The van der Waals surface area contributed by atoms with Crippen LogP contribution in [0.2, 0.25) is 0 Å². The Balaban J connectivity index is 1.90. The van der Waals surface area contributed by atoms with Crippen molar-refractivity contribution in [3.63, 3.8) is 0 Å². The van der Waals surface area contributed by atoms with Crippen molar-refractivity contribution in [2.45, 2.75) is 31.1 Å². The first kappa shape index (κ1) is 21.3. The number of imide groups is 1. The molecule has 0 radical (unpaired) electrons. The molecule has 0 aliphatic carbocycles. The van der Waals surface area contributed by atoms with Crippen LogP contribution in [-0.2, 0) is 11.2 Å². The zero-order valence-corrected chi connectivity index (χ0v) is 14.8. The molecule has 7 nitrogen and oxygen atoms in total. The van der Waals surface area contributed by atoms with E-state index in [1.807, 2.05) is 0 Å². The largest absolute Gasteiger partial charge is 0.465 e. The van der Waals surface area contributed by atoms with Crippen LogP contribution in [-0.4, -0.2) is 45.8 Å². The third-order valence-corrected chi connectivity index (χ3v) is 4.19. The van der Waals surface area contributed by atoms with Gasteiger partial charge in [-0.3, -0.25) is 0 Å². The lowest BCUT2D eigenvalue weighted by molar-refractivity contribution is -0.253. The van der Waals surface area contributed by atoms with Crippen LogP contribution in [0.5, 0.6) is 5.75 Å². The average Bonchev–Trinajstić information content (AvgIpc) is 2.97. The Morgan fingerprint density at radius 2 is 1.97 bits per heavy atom. The summed E-state index contributed by atoms with van der Waals surface area (Å²) in [7, 11) is 0. The van der Waals surface area contributed by atoms with E-state index in [1.54, 1.807) is 0 Å². The molecule has 1 aliphatic rings. The number of carbonyl (C=O) groups excluding carboxylic acids is 1. The first-order valence-corrected chi connectivity index (χ1v) is 8.37. The minimum absolute atomic E-state index is 0.0614. The molecule has 2 heterocycles. The highest BCUT2D eigenvalue weighted by molar-refractivity contribution is 5.89. The van der Waals surface area contributed by atoms with Gasteiger partial charge >= 0.3 is 24.7 Å². The number of nitrogens with zero attached hydrogens (tertiary/aromatic N) is 2. The number of aromatic nitrogens is 1. The highest BCUT2D eigenvalue weighted by Crippen LogP contribution is 2.35. The molecule has 1 fully saturated rings. The number of amides is 2. The number of halogens is 5. The van der Waals surface area contributed by atoms with Crippen LogP contribution in [0, 0.1) is 5.95 Å². The van der Waals surface area contributed by atoms with Crippen LogP contribution in [0.1, 0.15) is 17.4 Å². The monoisotopic (exact) mass is 432 g/mol. The number of benzene rings is 1. The van der Waals surface area contributed by atoms with E-state index in [2.05, 4.69) is 9.72 Å². The van der Waals surface area contributed by atoms with Gasteiger partial charge in [-0.15, -0.1) is 0 Å². The number of carbonyl (C=O) groups is 2. The molecule has 2 atom stereocenters. The second-order valence-electron chi connectivity index (χ2n) is 6.23. The SMILES string of the molecule is O=C(O)N1C(=O)OC(c2cccc(F)n2)C1Cc1cccc(OC(F)(F)C(F)F)c1. The summed E-state index contributed by atoms with van der Waals surface area (Å²) in [6.07, 6.45) is -13.2. The second-order valence-corrected chi connectivity index (χ2v) is 6.23. The lowest BCUT2D eigenvalue weighted by Crippen LogP contribution is -2.40. The van der Waals surface area contributed by atoms with Crippen molar-refractivity contribution in [2.24, 2.45) is 0 Å². The van der Waals surface area contributed by atoms with Gasteiger partial charge in [-0.2, -0.15) is 22.0 Å². The Kier molecular flexibility index (Phi) is 5.76. The smallest absolute Gasteiger partial charge is 0.461 e. The van der Waals surface area contributed by atoms with Crippen molar-refractivity contribution in [2.75, 3.05) is 0 Å². The summed E-state index contributed by atoms with van der Waals surface area (Å²) in [5, 5.41) is 9.34. The maximum absolute atomic E-state index is 13.5. The van der Waals surface area contributed by atoms with E-state index in [-0.39, 0.29) is 17.7 Å². The summed E-state index contributed by atoms with van der Waals surface area (Å²) in [5.41, 5.74) is 0.113. The molecular formula is C18H13F5N2O5. The fourth-order valence-corrected chi connectivity index (χ4v) is 2.95. The Morgan fingerprint density at radius 1 is 1.27 bits per heavy atom. The van der Waals surface area contributed by atoms with Crippen LogP contribution >= 0.6 is 0 Å². The maximum atomic E-state index is 13.5. The first-order chi connectivity index (χ1) is 14.1. The molecule has 0 bridgehead atoms. The lowest BCUT2D eigenvalue weighted by Gasteiger charge is -2.22. The van der Waals surface area contributed by atoms with Gasteiger partial charge in [0.15, 0.2) is 6.10 Å². The Hall–Kier alpha value is -3.44. The van der Waals surface area contributed by atoms with Gasteiger partial charge in [-0.1, -0.05) is 18.2 Å². The molecule has 30 heavy (non-hydrogen) atoms. The van der Waals surface area contributed by atoms with E-state index in [0.717, 1.165) is 18.2 Å². The van der Waals surface area contributed by atoms with Crippen molar-refractivity contribution in [1.82, 2.24) is 9.88 Å². The molecule has 2 unspecified atom stereocenters. The highest BCUT2D eigenvalue weighted by atomic mass is 19.3. The molecule has 1 aromatic carbocycles. The van der Waals surface area contributed by atoms with Gasteiger partial charge < -0.3 is 14.6 Å². The van der Waals surface area contributed by atoms with Crippen molar-refractivity contribution < 1.29 is 46.1 Å².